The molecule has 5 heterocycles. The lowest BCUT2D eigenvalue weighted by Gasteiger charge is -2.46. The molecule has 3 saturated heterocycles. The van der Waals surface area contributed by atoms with E-state index in [0.29, 0.717) is 35.7 Å². The number of aromatic hydroxyl groups is 1. The molecule has 1 aromatic heterocycles. The van der Waals surface area contributed by atoms with Crippen LogP contribution in [-0.2, 0) is 53.1 Å². The summed E-state index contributed by atoms with van der Waals surface area (Å²) < 4.78 is 21.4. The molecule has 75 heavy (non-hydrogen) atoms. The lowest BCUT2D eigenvalue weighted by atomic mass is 9.64. The summed E-state index contributed by atoms with van der Waals surface area (Å²) in [5.74, 6) is -2.08. The molecule has 4 aliphatic heterocycles. The summed E-state index contributed by atoms with van der Waals surface area (Å²) in [7, 11) is 3.45. The number of piperazine rings is 1. The first-order valence-corrected chi connectivity index (χ1v) is 24.4. The average Bonchev–Trinajstić information content (AvgIpc) is 4.05. The van der Waals surface area contributed by atoms with Crippen molar-refractivity contribution in [2.45, 2.75) is 56.0 Å². The number of benzene rings is 4. The van der Waals surface area contributed by atoms with Crippen LogP contribution in [0.5, 0.6) is 5.75 Å². The van der Waals surface area contributed by atoms with Crippen molar-refractivity contribution in [1.82, 2.24) is 25.1 Å². The number of fused-ring (bicyclic) bond motifs is 3. The number of nitrogens with one attached hydrogen (secondary N) is 1. The van der Waals surface area contributed by atoms with Gasteiger partial charge in [-0.25, -0.2) is 24.5 Å². The van der Waals surface area contributed by atoms with Crippen LogP contribution in [0.1, 0.15) is 66.3 Å². The zero-order valence-electron chi connectivity index (χ0n) is 41.8. The Balaban J connectivity index is 1.32. The van der Waals surface area contributed by atoms with Crippen LogP contribution >= 0.6 is 0 Å². The van der Waals surface area contributed by atoms with Crippen LogP contribution in [0.2, 0.25) is 0 Å². The third-order valence-electron chi connectivity index (χ3n) is 14.5. The molecular formula is C56H55N7O12. The van der Waals surface area contributed by atoms with Crippen molar-refractivity contribution in [1.29, 1.82) is 0 Å². The minimum Gasteiger partial charge on any atom is -0.508 e. The predicted octanol–water partition coefficient (Wildman–Crippen LogP) is 4.81. The highest BCUT2D eigenvalue weighted by atomic mass is 16.6. The second-order valence-electron chi connectivity index (χ2n) is 18.9. The highest BCUT2D eigenvalue weighted by Gasteiger charge is 2.76. The van der Waals surface area contributed by atoms with Crippen molar-refractivity contribution in [3.63, 3.8) is 0 Å². The van der Waals surface area contributed by atoms with E-state index in [4.69, 9.17) is 18.9 Å². The number of carbonyl (C=O) groups excluding carboxylic acids is 7. The van der Waals surface area contributed by atoms with Crippen LogP contribution in [0, 0.1) is 29.6 Å². The van der Waals surface area contributed by atoms with Gasteiger partial charge in [0.1, 0.15) is 29.4 Å². The van der Waals surface area contributed by atoms with Gasteiger partial charge in [-0.05, 0) is 64.6 Å². The zero-order chi connectivity index (χ0) is 53.1. The van der Waals surface area contributed by atoms with Crippen LogP contribution < -0.4 is 15.1 Å². The molecule has 0 radical (unpaired) electrons. The minimum absolute atomic E-state index is 0.0223. The molecular weight excluding hydrogens is 963 g/mol. The van der Waals surface area contributed by atoms with E-state index in [0.717, 1.165) is 19.1 Å². The van der Waals surface area contributed by atoms with Gasteiger partial charge in [0, 0.05) is 50.6 Å². The number of ether oxygens (including phenoxy) is 4. The van der Waals surface area contributed by atoms with E-state index in [1.54, 1.807) is 55.4 Å². The van der Waals surface area contributed by atoms with E-state index in [1.165, 1.54) is 31.4 Å². The number of carbonyl (C=O) groups is 7. The number of anilines is 2. The fourth-order valence-corrected chi connectivity index (χ4v) is 11.0. The largest absolute Gasteiger partial charge is 0.508 e. The van der Waals surface area contributed by atoms with Crippen LogP contribution in [0.4, 0.5) is 16.4 Å². The molecule has 4 amide bonds. The van der Waals surface area contributed by atoms with Gasteiger partial charge in [-0.2, -0.15) is 0 Å². The summed E-state index contributed by atoms with van der Waals surface area (Å²) in [6.45, 7) is 4.23. The van der Waals surface area contributed by atoms with Gasteiger partial charge in [-0.1, -0.05) is 98.5 Å². The van der Waals surface area contributed by atoms with Gasteiger partial charge < -0.3 is 39.2 Å². The number of phenolic OH excluding ortho intramolecular Hbond substituents is 1. The predicted molar refractivity (Wildman–Crippen MR) is 269 cm³/mol. The number of aromatic nitrogens is 2. The first kappa shape index (κ1) is 51.3. The van der Waals surface area contributed by atoms with Crippen molar-refractivity contribution < 1.29 is 57.6 Å². The monoisotopic (exact) mass is 1020 g/mol. The zero-order valence-corrected chi connectivity index (χ0v) is 41.8. The van der Waals surface area contributed by atoms with Crippen LogP contribution in [0.25, 0.3) is 0 Å². The Bertz CT molecular complexity index is 3040. The minimum atomic E-state index is -2.21. The van der Waals surface area contributed by atoms with Gasteiger partial charge >= 0.3 is 29.9 Å². The summed E-state index contributed by atoms with van der Waals surface area (Å²) >= 11 is 0. The Kier molecular flexibility index (Phi) is 14.7. The third-order valence-corrected chi connectivity index (χ3v) is 14.5. The number of urea groups is 1. The van der Waals surface area contributed by atoms with Gasteiger partial charge in [0.2, 0.25) is 17.8 Å². The van der Waals surface area contributed by atoms with Crippen molar-refractivity contribution in [2.24, 2.45) is 17.8 Å². The summed E-state index contributed by atoms with van der Waals surface area (Å²) in [6.07, 6.45) is 1.91. The summed E-state index contributed by atoms with van der Waals surface area (Å²) in [5.41, 5.74) is -0.114. The molecule has 0 unspecified atom stereocenters. The van der Waals surface area contributed by atoms with Crippen LogP contribution in [0.3, 0.4) is 0 Å². The number of methoxy groups -OCH3 is 3. The Hall–Kier alpha value is -8.63. The van der Waals surface area contributed by atoms with Gasteiger partial charge in [0.15, 0.2) is 5.92 Å². The molecule has 19 heteroatoms. The molecule has 0 bridgehead atoms. The number of hydrogen-bond donors (Lipinski definition) is 2. The number of esters is 4. The molecule has 7 atom stereocenters. The third kappa shape index (κ3) is 9.26. The lowest BCUT2D eigenvalue weighted by Crippen LogP contribution is -2.60. The normalized spacial score (nSPS) is 22.4. The number of cyclic esters (lactones) is 1. The maximum atomic E-state index is 16.8. The molecule has 3 fully saturated rings. The van der Waals surface area contributed by atoms with Gasteiger partial charge in [-0.15, -0.1) is 0 Å². The molecule has 2 N–H and O–H groups in total. The highest BCUT2D eigenvalue weighted by molar-refractivity contribution is 6.25. The summed E-state index contributed by atoms with van der Waals surface area (Å²) in [5, 5.41) is 13.6. The van der Waals surface area contributed by atoms with E-state index in [2.05, 4.69) is 27.1 Å². The number of phenols is 1. The number of imide groups is 1. The van der Waals surface area contributed by atoms with E-state index in [9.17, 15) is 19.5 Å². The molecule has 386 valence electrons. The van der Waals surface area contributed by atoms with Gasteiger partial charge in [0.25, 0.3) is 0 Å². The number of amides is 4. The van der Waals surface area contributed by atoms with Crippen molar-refractivity contribution in [3.8, 4) is 17.6 Å². The summed E-state index contributed by atoms with van der Waals surface area (Å²) in [4.78, 5) is 118. The lowest BCUT2D eigenvalue weighted by molar-refractivity contribution is -0.179. The maximum Gasteiger partial charge on any atom is 0.329 e. The van der Waals surface area contributed by atoms with E-state index >= 15 is 19.2 Å². The average molecular weight is 1020 g/mol. The molecule has 0 saturated carbocycles. The Labute approximate surface area is 432 Å². The Morgan fingerprint density at radius 3 is 1.97 bits per heavy atom. The van der Waals surface area contributed by atoms with Crippen molar-refractivity contribution in [2.75, 3.05) is 57.3 Å². The number of hydrogen-bond acceptors (Lipinski definition) is 16. The van der Waals surface area contributed by atoms with Crippen LogP contribution in [-0.4, -0.2) is 126 Å². The molecule has 4 aliphatic rings. The second kappa shape index (κ2) is 21.5. The maximum absolute atomic E-state index is 16.8. The smallest absolute Gasteiger partial charge is 0.329 e. The quantitative estimate of drug-likeness (QED) is 0.0784. The molecule has 9 rings (SSSR count). The molecule has 1 spiro atoms. The van der Waals surface area contributed by atoms with Crippen molar-refractivity contribution in [3.05, 3.63) is 149 Å². The van der Waals surface area contributed by atoms with Gasteiger partial charge in [-0.3, -0.25) is 28.9 Å². The molecule has 19 nitrogen and oxygen atoms in total. The highest BCUT2D eigenvalue weighted by Crippen LogP contribution is 2.66. The van der Waals surface area contributed by atoms with Crippen LogP contribution in [0.15, 0.2) is 122 Å². The molecule has 4 aromatic carbocycles. The van der Waals surface area contributed by atoms with E-state index in [1.807, 2.05) is 70.5 Å². The van der Waals surface area contributed by atoms with Crippen molar-refractivity contribution >= 4 is 53.4 Å². The fraction of sp³-hybridized carbons (Fsp3) is 0.339. The topological polar surface area (TPSA) is 227 Å². The Morgan fingerprint density at radius 1 is 0.760 bits per heavy atom. The second-order valence-corrected chi connectivity index (χ2v) is 18.9. The fourth-order valence-electron chi connectivity index (χ4n) is 11.0. The SMILES string of the molecule is COC(=O)C(CC#Cc1ccc2c(c1)[C@]1(C(=O)N2C(=O)N[C@H](C(=O)OC)C(C)C)[C@H](C(=O)N2CCN(c3ncccn3)CC2)[C@H]2C(=O)O[C@H](c3ccccc3)[C@H](c3ccccc3)N2[C@@H]1c1ccc(O)cc1)C(=O)OC. The number of morpholine rings is 1. The van der Waals surface area contributed by atoms with Gasteiger partial charge in [0.05, 0.1) is 45.0 Å². The molecule has 0 aliphatic carbocycles. The van der Waals surface area contributed by atoms with E-state index in [-0.39, 0.29) is 42.1 Å². The number of rotatable bonds is 11. The first-order valence-electron chi connectivity index (χ1n) is 24.4. The summed E-state index contributed by atoms with van der Waals surface area (Å²) in [6, 6.07) is 24.9. The number of nitrogens with zero attached hydrogens (tertiary/aromatic N) is 6. The van der Waals surface area contributed by atoms with E-state index < -0.39 is 95.2 Å². The standard InChI is InChI=1S/C56H55N7O12/c1-33(2)43(51(68)74-5)59-55(71)62-41-25-20-34(14-12-19-39(49(66)72-3)50(67)73-4)32-40(41)56(53(62)70)42(48(65)60-28-30-61(31-29-60)54-57-26-13-27-58-54)45-52(69)75-46(36-17-10-7-11-18-36)44(35-15-8-6-9-16-35)63(45)47(56)37-21-23-38(64)24-22-37/h6-11,13,15-18,20-27,32-33,39,42-47,64H,19,28-31H2,1-5H3,(H,59,71)/t42-,43-,44-,45-,46+,47+,56-/m0/s1. The Morgan fingerprint density at radius 2 is 1.37 bits per heavy atom. The molecule has 5 aromatic rings. The first-order chi connectivity index (χ1) is 36.2.